The summed E-state index contributed by atoms with van der Waals surface area (Å²) in [6.45, 7) is 4.14. The lowest BCUT2D eigenvalue weighted by Crippen LogP contribution is -2.08. The molecule has 0 aliphatic rings. The van der Waals surface area contributed by atoms with E-state index in [0.29, 0.717) is 11.8 Å². The second-order valence-corrected chi connectivity index (χ2v) is 6.23. The van der Waals surface area contributed by atoms with Crippen molar-refractivity contribution in [2.75, 3.05) is 29.6 Å². The fourth-order valence-electron chi connectivity index (χ4n) is 2.58. The van der Waals surface area contributed by atoms with E-state index in [9.17, 15) is 0 Å². The number of nitrogens with zero attached hydrogens (tertiary/aromatic N) is 4. The molecular formula is C19H22N6. The van der Waals surface area contributed by atoms with Crippen molar-refractivity contribution in [1.82, 2.24) is 15.2 Å². The summed E-state index contributed by atoms with van der Waals surface area (Å²) in [5.41, 5.74) is 5.43. The van der Waals surface area contributed by atoms with Crippen LogP contribution in [-0.2, 0) is 0 Å². The van der Waals surface area contributed by atoms with Crippen LogP contribution in [0.1, 0.15) is 11.1 Å². The van der Waals surface area contributed by atoms with Gasteiger partial charge in [0.15, 0.2) is 5.82 Å². The number of aromatic nitrogens is 3. The summed E-state index contributed by atoms with van der Waals surface area (Å²) in [5, 5.41) is 14.5. The van der Waals surface area contributed by atoms with Crippen molar-refractivity contribution in [3.8, 4) is 0 Å². The van der Waals surface area contributed by atoms with Crippen LogP contribution in [0.15, 0.2) is 48.7 Å². The maximum Gasteiger partial charge on any atom is 0.249 e. The topological polar surface area (TPSA) is 66.0 Å². The number of anilines is 5. The normalized spacial score (nSPS) is 10.4. The van der Waals surface area contributed by atoms with Crippen molar-refractivity contribution in [1.29, 1.82) is 0 Å². The molecule has 0 fully saturated rings. The molecule has 0 aliphatic heterocycles. The van der Waals surface area contributed by atoms with Gasteiger partial charge in [-0.1, -0.05) is 6.07 Å². The van der Waals surface area contributed by atoms with Crippen LogP contribution in [0.4, 0.5) is 28.8 Å². The predicted molar refractivity (Wildman–Crippen MR) is 103 cm³/mol. The van der Waals surface area contributed by atoms with Gasteiger partial charge in [-0.2, -0.15) is 10.1 Å². The summed E-state index contributed by atoms with van der Waals surface area (Å²) < 4.78 is 0. The Morgan fingerprint density at radius 1 is 0.840 bits per heavy atom. The Labute approximate surface area is 147 Å². The highest BCUT2D eigenvalue weighted by Crippen LogP contribution is 2.20. The Kier molecular flexibility index (Phi) is 4.79. The summed E-state index contributed by atoms with van der Waals surface area (Å²) in [6, 6.07) is 14.3. The summed E-state index contributed by atoms with van der Waals surface area (Å²) in [5.74, 6) is 1.10. The van der Waals surface area contributed by atoms with Gasteiger partial charge < -0.3 is 15.5 Å². The molecule has 128 valence electrons. The van der Waals surface area contributed by atoms with Crippen molar-refractivity contribution in [2.24, 2.45) is 0 Å². The van der Waals surface area contributed by atoms with Gasteiger partial charge in [-0.25, -0.2) is 0 Å². The second-order valence-electron chi connectivity index (χ2n) is 6.23. The molecule has 2 aromatic carbocycles. The molecule has 0 unspecified atom stereocenters. The van der Waals surface area contributed by atoms with Gasteiger partial charge in [0, 0.05) is 31.2 Å². The molecule has 0 bridgehead atoms. The Bertz CT molecular complexity index is 838. The molecule has 3 aromatic rings. The molecular weight excluding hydrogens is 312 g/mol. The molecule has 0 saturated heterocycles. The second kappa shape index (κ2) is 7.17. The SMILES string of the molecule is Cc1cc(C)cc(Nc2cnnc(Nc3ccc(N(C)C)cc3)n2)c1. The Balaban J connectivity index is 1.74. The van der Waals surface area contributed by atoms with Crippen molar-refractivity contribution in [3.63, 3.8) is 0 Å². The van der Waals surface area contributed by atoms with Gasteiger partial charge in [-0.05, 0) is 61.4 Å². The Hall–Kier alpha value is -3.15. The molecule has 0 radical (unpaired) electrons. The molecule has 1 heterocycles. The number of aryl methyl sites for hydroxylation is 2. The number of nitrogens with one attached hydrogen (secondary N) is 2. The number of benzene rings is 2. The molecule has 0 aliphatic carbocycles. The highest BCUT2D eigenvalue weighted by Gasteiger charge is 2.04. The first-order valence-corrected chi connectivity index (χ1v) is 8.09. The first-order chi connectivity index (χ1) is 12.0. The highest BCUT2D eigenvalue weighted by molar-refractivity contribution is 5.61. The number of rotatable bonds is 5. The van der Waals surface area contributed by atoms with Crippen molar-refractivity contribution >= 4 is 28.8 Å². The summed E-state index contributed by atoms with van der Waals surface area (Å²) in [6.07, 6.45) is 1.61. The van der Waals surface area contributed by atoms with E-state index in [-0.39, 0.29) is 0 Å². The quantitative estimate of drug-likeness (QED) is 0.734. The van der Waals surface area contributed by atoms with Crippen molar-refractivity contribution < 1.29 is 0 Å². The first-order valence-electron chi connectivity index (χ1n) is 8.09. The van der Waals surface area contributed by atoms with E-state index in [1.807, 2.05) is 38.4 Å². The molecule has 1 aromatic heterocycles. The van der Waals surface area contributed by atoms with Gasteiger partial charge in [0.05, 0.1) is 6.20 Å². The van der Waals surface area contributed by atoms with Gasteiger partial charge >= 0.3 is 0 Å². The monoisotopic (exact) mass is 334 g/mol. The lowest BCUT2D eigenvalue weighted by Gasteiger charge is -2.13. The molecule has 0 amide bonds. The maximum atomic E-state index is 4.47. The van der Waals surface area contributed by atoms with Crippen LogP contribution in [0, 0.1) is 13.8 Å². The van der Waals surface area contributed by atoms with E-state index in [0.717, 1.165) is 17.1 Å². The minimum absolute atomic E-state index is 0.451. The fourth-order valence-corrected chi connectivity index (χ4v) is 2.58. The lowest BCUT2D eigenvalue weighted by molar-refractivity contribution is 0.982. The zero-order chi connectivity index (χ0) is 17.8. The molecule has 25 heavy (non-hydrogen) atoms. The molecule has 6 nitrogen and oxygen atoms in total. The van der Waals surface area contributed by atoms with Crippen molar-refractivity contribution in [3.05, 3.63) is 59.8 Å². The van der Waals surface area contributed by atoms with Crippen LogP contribution in [0.25, 0.3) is 0 Å². The van der Waals surface area contributed by atoms with E-state index in [4.69, 9.17) is 0 Å². The average molecular weight is 334 g/mol. The van der Waals surface area contributed by atoms with Crippen LogP contribution in [0.5, 0.6) is 0 Å². The van der Waals surface area contributed by atoms with E-state index >= 15 is 0 Å². The minimum Gasteiger partial charge on any atom is -0.378 e. The molecule has 3 rings (SSSR count). The van der Waals surface area contributed by atoms with Gasteiger partial charge in [0.2, 0.25) is 5.95 Å². The van der Waals surface area contributed by atoms with Crippen LogP contribution < -0.4 is 15.5 Å². The van der Waals surface area contributed by atoms with Crippen molar-refractivity contribution in [2.45, 2.75) is 13.8 Å². The van der Waals surface area contributed by atoms with E-state index in [1.165, 1.54) is 11.1 Å². The van der Waals surface area contributed by atoms with Gasteiger partial charge in [-0.15, -0.1) is 5.10 Å². The third-order valence-corrected chi connectivity index (χ3v) is 3.69. The number of hydrogen-bond acceptors (Lipinski definition) is 6. The fraction of sp³-hybridized carbons (Fsp3) is 0.211. The van der Waals surface area contributed by atoms with E-state index < -0.39 is 0 Å². The highest BCUT2D eigenvalue weighted by atomic mass is 15.3. The minimum atomic E-state index is 0.451. The van der Waals surface area contributed by atoms with Crippen LogP contribution in [0.3, 0.4) is 0 Å². The predicted octanol–water partition coefficient (Wildman–Crippen LogP) is 4.04. The summed E-state index contributed by atoms with van der Waals surface area (Å²) in [7, 11) is 4.02. The third-order valence-electron chi connectivity index (χ3n) is 3.69. The molecule has 0 saturated carbocycles. The average Bonchev–Trinajstić information content (AvgIpc) is 2.54. The smallest absolute Gasteiger partial charge is 0.249 e. The maximum absolute atomic E-state index is 4.47. The molecule has 2 N–H and O–H groups in total. The lowest BCUT2D eigenvalue weighted by atomic mass is 10.1. The van der Waals surface area contributed by atoms with Crippen LogP contribution in [0.2, 0.25) is 0 Å². The van der Waals surface area contributed by atoms with E-state index in [2.05, 4.69) is 62.8 Å². The first kappa shape index (κ1) is 16.7. The Morgan fingerprint density at radius 2 is 1.52 bits per heavy atom. The third kappa shape index (κ3) is 4.44. The summed E-state index contributed by atoms with van der Waals surface area (Å²) in [4.78, 5) is 6.53. The van der Waals surface area contributed by atoms with Crippen LogP contribution in [-0.4, -0.2) is 29.3 Å². The number of hydrogen-bond donors (Lipinski definition) is 2. The van der Waals surface area contributed by atoms with E-state index in [1.54, 1.807) is 6.20 Å². The largest absolute Gasteiger partial charge is 0.378 e. The van der Waals surface area contributed by atoms with Crippen LogP contribution >= 0.6 is 0 Å². The van der Waals surface area contributed by atoms with Gasteiger partial charge in [0.25, 0.3) is 0 Å². The standard InChI is InChI=1S/C19H22N6/c1-13-9-14(2)11-16(10-13)21-18-12-20-24-19(23-18)22-15-5-7-17(8-6-15)25(3)4/h5-12H,1-4H3,(H2,21,22,23,24). The summed E-state index contributed by atoms with van der Waals surface area (Å²) >= 11 is 0. The van der Waals surface area contributed by atoms with Gasteiger partial charge in [0.1, 0.15) is 0 Å². The Morgan fingerprint density at radius 3 is 2.16 bits per heavy atom. The zero-order valence-electron chi connectivity index (χ0n) is 14.9. The zero-order valence-corrected chi connectivity index (χ0v) is 14.9. The molecule has 0 spiro atoms. The molecule has 6 heteroatoms. The van der Waals surface area contributed by atoms with Gasteiger partial charge in [-0.3, -0.25) is 0 Å². The molecule has 0 atom stereocenters.